The first kappa shape index (κ1) is 32.1. The molecule has 254 valence electrons. The van der Waals surface area contributed by atoms with Crippen molar-refractivity contribution in [2.24, 2.45) is 0 Å². The lowest BCUT2D eigenvalue weighted by atomic mass is 9.86. The van der Waals surface area contributed by atoms with E-state index in [-0.39, 0.29) is 0 Å². The molecule has 10 aromatic rings. The van der Waals surface area contributed by atoms with Crippen LogP contribution >= 0.6 is 7.14 Å². The molecule has 0 saturated heterocycles. The van der Waals surface area contributed by atoms with Crippen LogP contribution < -0.4 is 15.9 Å². The van der Waals surface area contributed by atoms with Gasteiger partial charge in [0.25, 0.3) is 0 Å². The van der Waals surface area contributed by atoms with Gasteiger partial charge in [-0.25, -0.2) is 0 Å². The zero-order chi connectivity index (χ0) is 36.1. The molecule has 0 heterocycles. The molecule has 10 aromatic carbocycles. The highest BCUT2D eigenvalue weighted by molar-refractivity contribution is 7.85. The highest BCUT2D eigenvalue weighted by Crippen LogP contribution is 2.45. The fourth-order valence-corrected chi connectivity index (χ4v) is 10.9. The van der Waals surface area contributed by atoms with Crippen LogP contribution in [0.25, 0.3) is 76.5 Å². The molecule has 0 unspecified atom stereocenters. The van der Waals surface area contributed by atoms with Crippen LogP contribution in [0.2, 0.25) is 0 Å². The maximum Gasteiger partial charge on any atom is 0.171 e. The molecular formula is C52H35OP. The third kappa shape index (κ3) is 5.28. The Morgan fingerprint density at radius 2 is 0.630 bits per heavy atom. The van der Waals surface area contributed by atoms with Crippen LogP contribution in [0.15, 0.2) is 212 Å². The first-order valence-corrected chi connectivity index (χ1v) is 20.2. The van der Waals surface area contributed by atoms with E-state index in [2.05, 4.69) is 140 Å². The molecule has 54 heavy (non-hydrogen) atoms. The van der Waals surface area contributed by atoms with Gasteiger partial charge in [0, 0.05) is 15.9 Å². The van der Waals surface area contributed by atoms with Gasteiger partial charge in [-0.1, -0.05) is 206 Å². The second-order valence-electron chi connectivity index (χ2n) is 14.0. The van der Waals surface area contributed by atoms with E-state index < -0.39 is 7.14 Å². The molecule has 0 saturated carbocycles. The molecule has 0 spiro atoms. The van der Waals surface area contributed by atoms with Gasteiger partial charge in [-0.3, -0.25) is 0 Å². The number of fused-ring (bicyclic) bond motifs is 7. The molecule has 1 nitrogen and oxygen atoms in total. The van der Waals surface area contributed by atoms with E-state index in [1.165, 1.54) is 65.3 Å². The zero-order valence-corrected chi connectivity index (χ0v) is 30.5. The topological polar surface area (TPSA) is 17.1 Å². The van der Waals surface area contributed by atoms with Gasteiger partial charge in [0.2, 0.25) is 0 Å². The van der Waals surface area contributed by atoms with E-state index in [4.69, 9.17) is 0 Å². The maximum atomic E-state index is 14.8. The van der Waals surface area contributed by atoms with E-state index in [9.17, 15) is 4.57 Å². The maximum absolute atomic E-state index is 14.8. The Hall–Kier alpha value is -6.53. The van der Waals surface area contributed by atoms with Crippen LogP contribution in [0.1, 0.15) is 0 Å². The van der Waals surface area contributed by atoms with Gasteiger partial charge in [-0.2, -0.15) is 0 Å². The smallest absolute Gasteiger partial charge is 0.171 e. The summed E-state index contributed by atoms with van der Waals surface area (Å²) in [6.45, 7) is 0. The minimum absolute atomic E-state index is 0.834. The summed E-state index contributed by atoms with van der Waals surface area (Å²) in [6, 6.07) is 74.5. The number of benzene rings is 10. The molecule has 0 fully saturated rings. The van der Waals surface area contributed by atoms with Crippen molar-refractivity contribution in [1.29, 1.82) is 0 Å². The first-order valence-electron chi connectivity index (χ1n) is 18.4. The van der Waals surface area contributed by atoms with Crippen molar-refractivity contribution < 1.29 is 4.57 Å². The van der Waals surface area contributed by atoms with Crippen LogP contribution in [-0.4, -0.2) is 0 Å². The molecule has 0 radical (unpaired) electrons. The summed E-state index contributed by atoms with van der Waals surface area (Å²) in [4.78, 5) is 0. The van der Waals surface area contributed by atoms with Gasteiger partial charge in [0.1, 0.15) is 0 Å². The molecule has 0 bridgehead atoms. The van der Waals surface area contributed by atoms with E-state index in [0.29, 0.717) is 0 Å². The normalized spacial score (nSPS) is 11.8. The summed E-state index contributed by atoms with van der Waals surface area (Å²) in [5.41, 5.74) is 7.04. The third-order valence-electron chi connectivity index (χ3n) is 10.9. The van der Waals surface area contributed by atoms with Crippen LogP contribution in [0.5, 0.6) is 0 Å². The lowest BCUT2D eigenvalue weighted by Crippen LogP contribution is -2.24. The number of hydrogen-bond donors (Lipinski definition) is 0. The van der Waals surface area contributed by atoms with Crippen molar-refractivity contribution >= 4 is 66.1 Å². The third-order valence-corrected chi connectivity index (χ3v) is 14.0. The fourth-order valence-electron chi connectivity index (χ4n) is 8.30. The molecule has 0 aliphatic rings. The van der Waals surface area contributed by atoms with Crippen molar-refractivity contribution in [1.82, 2.24) is 0 Å². The second-order valence-corrected chi connectivity index (χ2v) is 16.7. The minimum atomic E-state index is -3.01. The lowest BCUT2D eigenvalue weighted by molar-refractivity contribution is 0.592. The van der Waals surface area contributed by atoms with Gasteiger partial charge in [0.05, 0.1) is 0 Å². The predicted octanol–water partition coefficient (Wildman–Crippen LogP) is 12.9. The van der Waals surface area contributed by atoms with Gasteiger partial charge in [-0.05, 0) is 82.5 Å². The summed E-state index contributed by atoms with van der Waals surface area (Å²) >= 11 is 0. The highest BCUT2D eigenvalue weighted by Gasteiger charge is 2.29. The van der Waals surface area contributed by atoms with Gasteiger partial charge in [-0.15, -0.1) is 0 Å². The van der Waals surface area contributed by atoms with E-state index in [1.54, 1.807) is 0 Å². The average Bonchev–Trinajstić information content (AvgIpc) is 3.26. The molecule has 0 N–H and O–H groups in total. The van der Waals surface area contributed by atoms with Crippen LogP contribution in [-0.2, 0) is 4.57 Å². The Morgan fingerprint density at radius 1 is 0.278 bits per heavy atom. The van der Waals surface area contributed by atoms with Gasteiger partial charge >= 0.3 is 0 Å². The largest absolute Gasteiger partial charge is 0.309 e. The van der Waals surface area contributed by atoms with E-state index >= 15 is 0 Å². The molecule has 0 amide bonds. The number of rotatable bonds is 6. The fraction of sp³-hybridized carbons (Fsp3) is 0. The van der Waals surface area contributed by atoms with Crippen LogP contribution in [0, 0.1) is 0 Å². The summed E-state index contributed by atoms with van der Waals surface area (Å²) < 4.78 is 14.8. The average molecular weight is 707 g/mol. The van der Waals surface area contributed by atoms with Crippen LogP contribution in [0.3, 0.4) is 0 Å². The predicted molar refractivity (Wildman–Crippen MR) is 232 cm³/mol. The van der Waals surface area contributed by atoms with Crippen LogP contribution in [0.4, 0.5) is 0 Å². The Labute approximate surface area is 315 Å². The highest BCUT2D eigenvalue weighted by atomic mass is 31.2. The van der Waals surface area contributed by atoms with Gasteiger partial charge < -0.3 is 4.57 Å². The second kappa shape index (κ2) is 13.2. The summed E-state index contributed by atoms with van der Waals surface area (Å²) in [7, 11) is -3.01. The molecule has 2 heteroatoms. The van der Waals surface area contributed by atoms with E-state index in [1.807, 2.05) is 72.8 Å². The first-order chi connectivity index (χ1) is 26.7. The standard InChI is InChI=1S/C52H35OP/c53-54(42-14-3-1-4-15-42,43-16-5-2-6-17-43)44-33-31-39(32-34-44)37-25-23-36(24-26-37)38-27-29-40(30-28-38)51-45-18-8-7-13-41(45)35-50-48-21-10-9-19-46(48)47-20-11-12-22-49(47)52(50)51/h1-35H. The Kier molecular flexibility index (Phi) is 7.83. The molecular weight excluding hydrogens is 672 g/mol. The molecule has 0 aliphatic heterocycles. The van der Waals surface area contributed by atoms with Gasteiger partial charge in [0.15, 0.2) is 7.14 Å². The monoisotopic (exact) mass is 706 g/mol. The van der Waals surface area contributed by atoms with Crippen molar-refractivity contribution in [3.05, 3.63) is 212 Å². The van der Waals surface area contributed by atoms with E-state index in [0.717, 1.165) is 27.0 Å². The molecule has 0 aromatic heterocycles. The number of hydrogen-bond acceptors (Lipinski definition) is 1. The molecule has 10 rings (SSSR count). The minimum Gasteiger partial charge on any atom is -0.309 e. The van der Waals surface area contributed by atoms with Crippen molar-refractivity contribution in [3.63, 3.8) is 0 Å². The summed E-state index contributed by atoms with van der Waals surface area (Å²) in [6.07, 6.45) is 0. The Balaban J connectivity index is 1.01. The SMILES string of the molecule is O=P(c1ccccc1)(c1ccccc1)c1ccc(-c2ccc(-c3ccc(-c4c5ccccc5cc5c6ccccc6c6ccccc6c45)cc3)cc2)cc1. The molecule has 0 aliphatic carbocycles. The molecule has 0 atom stereocenters. The summed E-state index contributed by atoms with van der Waals surface area (Å²) in [5, 5.41) is 12.7. The quantitative estimate of drug-likeness (QED) is 0.0956. The zero-order valence-electron chi connectivity index (χ0n) is 29.6. The lowest BCUT2D eigenvalue weighted by Gasteiger charge is -2.20. The van der Waals surface area contributed by atoms with Crippen molar-refractivity contribution in [2.75, 3.05) is 0 Å². The Bertz CT molecular complexity index is 2980. The van der Waals surface area contributed by atoms with Crippen molar-refractivity contribution in [3.8, 4) is 33.4 Å². The summed E-state index contributed by atoms with van der Waals surface area (Å²) in [5.74, 6) is 0. The Morgan fingerprint density at radius 3 is 1.15 bits per heavy atom. The van der Waals surface area contributed by atoms with Crippen molar-refractivity contribution in [2.45, 2.75) is 0 Å².